The normalized spacial score (nSPS) is 14.4. The summed E-state index contributed by atoms with van der Waals surface area (Å²) in [6.07, 6.45) is 1.88. The highest BCUT2D eigenvalue weighted by atomic mass is 16.5. The lowest BCUT2D eigenvalue weighted by molar-refractivity contribution is 0.101. The van der Waals surface area contributed by atoms with Gasteiger partial charge in [-0.25, -0.2) is 0 Å². The molecule has 1 N–H and O–H groups in total. The summed E-state index contributed by atoms with van der Waals surface area (Å²) in [5.74, 6) is 0.433. The van der Waals surface area contributed by atoms with Crippen molar-refractivity contribution in [3.8, 4) is 11.5 Å². The number of ether oxygens (including phenoxy) is 1. The average Bonchev–Trinajstić information content (AvgIpc) is 2.17. The van der Waals surface area contributed by atoms with E-state index in [1.54, 1.807) is 6.07 Å². The summed E-state index contributed by atoms with van der Waals surface area (Å²) in [4.78, 5) is 11.3. The molecule has 0 aromatic heterocycles. The fourth-order valence-corrected chi connectivity index (χ4v) is 1.75. The summed E-state index contributed by atoms with van der Waals surface area (Å²) in [6.45, 7) is 2.06. The number of hydrogen-bond donors (Lipinski definition) is 1. The number of aromatic hydroxyl groups is 1. The van der Waals surface area contributed by atoms with E-state index in [0.29, 0.717) is 17.9 Å². The van der Waals surface area contributed by atoms with E-state index in [1.807, 2.05) is 6.07 Å². The first kappa shape index (κ1) is 9.06. The van der Waals surface area contributed by atoms with Crippen LogP contribution in [0.15, 0.2) is 12.1 Å². The zero-order valence-electron chi connectivity index (χ0n) is 8.04. The molecule has 3 heteroatoms. The highest BCUT2D eigenvalue weighted by Crippen LogP contribution is 2.34. The van der Waals surface area contributed by atoms with Crippen molar-refractivity contribution in [1.82, 2.24) is 0 Å². The van der Waals surface area contributed by atoms with E-state index in [1.165, 1.54) is 6.92 Å². The molecule has 1 heterocycles. The molecule has 0 saturated heterocycles. The van der Waals surface area contributed by atoms with Crippen LogP contribution in [0.5, 0.6) is 11.5 Å². The van der Waals surface area contributed by atoms with Crippen LogP contribution in [0.3, 0.4) is 0 Å². The molecule has 0 unspecified atom stereocenters. The van der Waals surface area contributed by atoms with Crippen LogP contribution in [0.4, 0.5) is 0 Å². The van der Waals surface area contributed by atoms with Gasteiger partial charge in [-0.15, -0.1) is 0 Å². The van der Waals surface area contributed by atoms with Crippen molar-refractivity contribution in [2.75, 3.05) is 6.61 Å². The number of rotatable bonds is 1. The molecule has 0 bridgehead atoms. The monoisotopic (exact) mass is 192 g/mol. The molecule has 14 heavy (non-hydrogen) atoms. The second-order valence-corrected chi connectivity index (χ2v) is 3.46. The van der Waals surface area contributed by atoms with Crippen molar-refractivity contribution < 1.29 is 14.6 Å². The van der Waals surface area contributed by atoms with Crippen molar-refractivity contribution in [2.45, 2.75) is 19.8 Å². The third-order valence-corrected chi connectivity index (χ3v) is 2.41. The van der Waals surface area contributed by atoms with Gasteiger partial charge in [0.25, 0.3) is 0 Å². The number of aryl methyl sites for hydroxylation is 1. The van der Waals surface area contributed by atoms with Gasteiger partial charge in [0.05, 0.1) is 6.61 Å². The fraction of sp³-hybridized carbons (Fsp3) is 0.364. The van der Waals surface area contributed by atoms with Crippen molar-refractivity contribution in [3.63, 3.8) is 0 Å². The molecule has 1 aromatic rings. The Morgan fingerprint density at radius 2 is 2.29 bits per heavy atom. The Labute approximate surface area is 82.3 Å². The highest BCUT2D eigenvalue weighted by Gasteiger charge is 2.20. The van der Waals surface area contributed by atoms with Crippen LogP contribution in [0.1, 0.15) is 29.3 Å². The molecule has 2 rings (SSSR count). The van der Waals surface area contributed by atoms with E-state index >= 15 is 0 Å². The molecule has 0 atom stereocenters. The van der Waals surface area contributed by atoms with Crippen LogP contribution in [0, 0.1) is 0 Å². The fourth-order valence-electron chi connectivity index (χ4n) is 1.75. The molecular weight excluding hydrogens is 180 g/mol. The predicted octanol–water partition coefficient (Wildman–Crippen LogP) is 1.92. The summed E-state index contributed by atoms with van der Waals surface area (Å²) in [5.41, 5.74) is 1.33. The lowest BCUT2D eigenvalue weighted by Gasteiger charge is -2.19. The van der Waals surface area contributed by atoms with E-state index < -0.39 is 0 Å². The first-order valence-corrected chi connectivity index (χ1v) is 4.68. The second kappa shape index (κ2) is 3.33. The Balaban J connectivity index is 2.60. The van der Waals surface area contributed by atoms with Gasteiger partial charge in [-0.3, -0.25) is 4.79 Å². The zero-order chi connectivity index (χ0) is 10.1. The summed E-state index contributed by atoms with van der Waals surface area (Å²) in [7, 11) is 0. The van der Waals surface area contributed by atoms with Gasteiger partial charge in [0, 0.05) is 0 Å². The largest absolute Gasteiger partial charge is 0.507 e. The SMILES string of the molecule is CC(=O)c1c(O)ccc2c1OCCC2. The number of ketones is 1. The van der Waals surface area contributed by atoms with Crippen LogP contribution < -0.4 is 4.74 Å². The van der Waals surface area contributed by atoms with Crippen molar-refractivity contribution >= 4 is 5.78 Å². The van der Waals surface area contributed by atoms with E-state index in [4.69, 9.17) is 4.74 Å². The number of benzene rings is 1. The van der Waals surface area contributed by atoms with Crippen LogP contribution >= 0.6 is 0 Å². The summed E-state index contributed by atoms with van der Waals surface area (Å²) >= 11 is 0. The second-order valence-electron chi connectivity index (χ2n) is 3.46. The minimum atomic E-state index is -0.152. The molecule has 0 aliphatic carbocycles. The quantitative estimate of drug-likeness (QED) is 0.691. The Hall–Kier alpha value is -1.51. The summed E-state index contributed by atoms with van der Waals surface area (Å²) in [5, 5.41) is 9.54. The Bertz CT molecular complexity index is 382. The standard InChI is InChI=1S/C11H12O3/c1-7(12)10-9(13)5-4-8-3-2-6-14-11(8)10/h4-5,13H,2-3,6H2,1H3. The predicted molar refractivity (Wildman–Crippen MR) is 51.9 cm³/mol. The van der Waals surface area contributed by atoms with E-state index in [0.717, 1.165) is 18.4 Å². The molecule has 0 amide bonds. The van der Waals surface area contributed by atoms with Gasteiger partial charge in [0.15, 0.2) is 5.78 Å². The Morgan fingerprint density at radius 3 is 3.00 bits per heavy atom. The topological polar surface area (TPSA) is 46.5 Å². The maximum Gasteiger partial charge on any atom is 0.167 e. The van der Waals surface area contributed by atoms with Crippen LogP contribution in [0.25, 0.3) is 0 Å². The van der Waals surface area contributed by atoms with Gasteiger partial charge in [-0.2, -0.15) is 0 Å². The van der Waals surface area contributed by atoms with Crippen molar-refractivity contribution in [2.24, 2.45) is 0 Å². The number of Topliss-reactive ketones (excluding diaryl/α,β-unsaturated/α-hetero) is 1. The van der Waals surface area contributed by atoms with Gasteiger partial charge in [-0.05, 0) is 31.4 Å². The molecule has 0 fully saturated rings. The maximum atomic E-state index is 11.3. The van der Waals surface area contributed by atoms with E-state index in [9.17, 15) is 9.90 Å². The number of carbonyl (C=O) groups excluding carboxylic acids is 1. The van der Waals surface area contributed by atoms with Crippen LogP contribution in [-0.4, -0.2) is 17.5 Å². The highest BCUT2D eigenvalue weighted by molar-refractivity contribution is 6.00. The molecule has 1 aliphatic rings. The summed E-state index contributed by atoms with van der Waals surface area (Å²) < 4.78 is 5.42. The molecule has 1 aromatic carbocycles. The van der Waals surface area contributed by atoms with Crippen molar-refractivity contribution in [1.29, 1.82) is 0 Å². The number of hydrogen-bond acceptors (Lipinski definition) is 3. The summed E-state index contributed by atoms with van der Waals surface area (Å²) in [6, 6.07) is 3.38. The van der Waals surface area contributed by atoms with Gasteiger partial charge >= 0.3 is 0 Å². The lowest BCUT2D eigenvalue weighted by atomic mass is 10.00. The molecule has 74 valence electrons. The lowest BCUT2D eigenvalue weighted by Crippen LogP contribution is -2.12. The number of phenols is 1. The number of fused-ring (bicyclic) bond motifs is 1. The minimum absolute atomic E-state index is 0.0122. The van der Waals surface area contributed by atoms with Gasteiger partial charge in [0.2, 0.25) is 0 Å². The van der Waals surface area contributed by atoms with Crippen molar-refractivity contribution in [3.05, 3.63) is 23.3 Å². The average molecular weight is 192 g/mol. The Kier molecular flexibility index (Phi) is 2.15. The Morgan fingerprint density at radius 1 is 1.50 bits per heavy atom. The van der Waals surface area contributed by atoms with Gasteiger partial charge in [-0.1, -0.05) is 6.07 Å². The maximum absolute atomic E-state index is 11.3. The third-order valence-electron chi connectivity index (χ3n) is 2.41. The molecule has 0 saturated carbocycles. The third kappa shape index (κ3) is 1.35. The smallest absolute Gasteiger partial charge is 0.167 e. The molecule has 3 nitrogen and oxygen atoms in total. The zero-order valence-corrected chi connectivity index (χ0v) is 8.04. The van der Waals surface area contributed by atoms with Gasteiger partial charge in [0.1, 0.15) is 17.1 Å². The van der Waals surface area contributed by atoms with Crippen LogP contribution in [-0.2, 0) is 6.42 Å². The number of phenolic OH excluding ortho intramolecular Hbond substituents is 1. The van der Waals surface area contributed by atoms with E-state index in [2.05, 4.69) is 0 Å². The molecular formula is C11H12O3. The minimum Gasteiger partial charge on any atom is -0.507 e. The number of carbonyl (C=O) groups is 1. The first-order chi connectivity index (χ1) is 6.70. The van der Waals surface area contributed by atoms with Crippen LogP contribution in [0.2, 0.25) is 0 Å². The first-order valence-electron chi connectivity index (χ1n) is 4.68. The van der Waals surface area contributed by atoms with E-state index in [-0.39, 0.29) is 11.5 Å². The molecule has 0 radical (unpaired) electrons. The molecule has 1 aliphatic heterocycles. The van der Waals surface area contributed by atoms with Gasteiger partial charge < -0.3 is 9.84 Å². The molecule has 0 spiro atoms.